The van der Waals surface area contributed by atoms with Crippen LogP contribution in [-0.2, 0) is 9.53 Å². The molecule has 27 heavy (non-hydrogen) atoms. The Balaban J connectivity index is 1.91. The van der Waals surface area contributed by atoms with Gasteiger partial charge in [0.15, 0.2) is 6.61 Å². The summed E-state index contributed by atoms with van der Waals surface area (Å²) in [5.74, 6) is 0.405. The van der Waals surface area contributed by atoms with Gasteiger partial charge >= 0.3 is 5.97 Å². The van der Waals surface area contributed by atoms with Crippen LogP contribution in [0.5, 0.6) is 5.75 Å². The fourth-order valence-electron chi connectivity index (χ4n) is 2.50. The predicted molar refractivity (Wildman–Crippen MR) is 106 cm³/mol. The fraction of sp³-hybridized carbons (Fsp3) is 0.364. The number of hydrogen-bond donors (Lipinski definition) is 1. The largest absolute Gasteiger partial charge is 0.483 e. The molecule has 2 aromatic rings. The average Bonchev–Trinajstić information content (AvgIpc) is 2.63. The van der Waals surface area contributed by atoms with Crippen LogP contribution in [0.2, 0.25) is 0 Å². The van der Waals surface area contributed by atoms with Crippen molar-refractivity contribution in [2.24, 2.45) is 5.92 Å². The van der Waals surface area contributed by atoms with Gasteiger partial charge in [-0.15, -0.1) is 0 Å². The van der Waals surface area contributed by atoms with E-state index in [-0.39, 0.29) is 24.4 Å². The monoisotopic (exact) mass is 369 g/mol. The number of nitrogens with one attached hydrogen (secondary N) is 1. The maximum atomic E-state index is 12.2. The van der Waals surface area contributed by atoms with E-state index < -0.39 is 0 Å². The molecule has 0 aromatic heterocycles. The second kappa shape index (κ2) is 9.21. The molecule has 144 valence electrons. The number of amides is 1. The molecule has 0 atom stereocenters. The van der Waals surface area contributed by atoms with Crippen LogP contribution in [0.3, 0.4) is 0 Å². The van der Waals surface area contributed by atoms with Gasteiger partial charge in [0.25, 0.3) is 5.91 Å². The summed E-state index contributed by atoms with van der Waals surface area (Å²) in [6, 6.07) is 10.6. The lowest BCUT2D eigenvalue weighted by Crippen LogP contribution is -2.21. The molecule has 0 heterocycles. The number of carbonyl (C=O) groups is 2. The van der Waals surface area contributed by atoms with Crippen LogP contribution in [0.25, 0.3) is 0 Å². The molecule has 0 fully saturated rings. The second-order valence-electron chi connectivity index (χ2n) is 7.06. The molecule has 0 unspecified atom stereocenters. The Bertz CT molecular complexity index is 810. The zero-order valence-electron chi connectivity index (χ0n) is 16.6. The van der Waals surface area contributed by atoms with E-state index in [4.69, 9.17) is 9.47 Å². The summed E-state index contributed by atoms with van der Waals surface area (Å²) < 4.78 is 10.9. The third-order valence-electron chi connectivity index (χ3n) is 4.17. The molecule has 0 aliphatic carbocycles. The minimum absolute atomic E-state index is 0.0800. The average molecular weight is 369 g/mol. The lowest BCUT2D eigenvalue weighted by atomic mass is 10.1. The van der Waals surface area contributed by atoms with Crippen molar-refractivity contribution in [2.75, 3.05) is 18.5 Å². The van der Waals surface area contributed by atoms with Crippen molar-refractivity contribution in [3.8, 4) is 5.75 Å². The minimum atomic E-state index is -0.365. The van der Waals surface area contributed by atoms with Gasteiger partial charge in [0.2, 0.25) is 0 Å². The van der Waals surface area contributed by atoms with Gasteiger partial charge in [-0.3, -0.25) is 4.79 Å². The highest BCUT2D eigenvalue weighted by molar-refractivity contribution is 5.93. The Kier molecular flexibility index (Phi) is 6.99. The maximum Gasteiger partial charge on any atom is 0.338 e. The van der Waals surface area contributed by atoms with Crippen molar-refractivity contribution in [3.05, 3.63) is 58.7 Å². The van der Waals surface area contributed by atoms with Gasteiger partial charge in [-0.05, 0) is 67.6 Å². The summed E-state index contributed by atoms with van der Waals surface area (Å²) in [7, 11) is 0. The Morgan fingerprint density at radius 1 is 0.963 bits per heavy atom. The molecule has 0 aliphatic heterocycles. The molecular formula is C22H27NO4. The highest BCUT2D eigenvalue weighted by Gasteiger charge is 2.11. The number of esters is 1. The summed E-state index contributed by atoms with van der Waals surface area (Å²) in [5.41, 5.74) is 4.20. The first kappa shape index (κ1) is 20.5. The van der Waals surface area contributed by atoms with E-state index in [0.29, 0.717) is 17.9 Å². The van der Waals surface area contributed by atoms with Crippen LogP contribution in [-0.4, -0.2) is 25.1 Å². The second-order valence-corrected chi connectivity index (χ2v) is 7.06. The first-order chi connectivity index (χ1) is 12.8. The highest BCUT2D eigenvalue weighted by atomic mass is 16.5. The summed E-state index contributed by atoms with van der Waals surface area (Å²) >= 11 is 0. The van der Waals surface area contributed by atoms with Gasteiger partial charge in [0.05, 0.1) is 12.2 Å². The number of carbonyl (C=O) groups excluding carboxylic acids is 2. The lowest BCUT2D eigenvalue weighted by molar-refractivity contribution is -0.118. The van der Waals surface area contributed by atoms with Crippen molar-refractivity contribution in [2.45, 2.75) is 34.6 Å². The van der Waals surface area contributed by atoms with Crippen molar-refractivity contribution < 1.29 is 19.1 Å². The van der Waals surface area contributed by atoms with E-state index in [1.807, 2.05) is 46.8 Å². The Morgan fingerprint density at radius 2 is 1.59 bits per heavy atom. The standard InChI is InChI=1S/C22H27NO4/c1-14(2)12-27-22(25)18-8-10-19(11-9-18)23-20(24)13-26-21-16(4)7-6-15(3)17(21)5/h6-11,14H,12-13H2,1-5H3,(H,23,24). The van der Waals surface area contributed by atoms with E-state index in [1.54, 1.807) is 24.3 Å². The van der Waals surface area contributed by atoms with Crippen LogP contribution in [0.15, 0.2) is 36.4 Å². The maximum absolute atomic E-state index is 12.2. The van der Waals surface area contributed by atoms with Gasteiger partial charge < -0.3 is 14.8 Å². The summed E-state index contributed by atoms with van der Waals surface area (Å²) in [6.07, 6.45) is 0. The Labute approximate surface area is 160 Å². The molecular weight excluding hydrogens is 342 g/mol. The zero-order chi connectivity index (χ0) is 20.0. The van der Waals surface area contributed by atoms with E-state index in [9.17, 15) is 9.59 Å². The van der Waals surface area contributed by atoms with Crippen LogP contribution in [0, 0.1) is 26.7 Å². The minimum Gasteiger partial charge on any atom is -0.483 e. The van der Waals surface area contributed by atoms with Gasteiger partial charge in [-0.1, -0.05) is 26.0 Å². The molecule has 2 rings (SSSR count). The molecule has 1 amide bonds. The van der Waals surface area contributed by atoms with Crippen LogP contribution in [0.4, 0.5) is 5.69 Å². The Hall–Kier alpha value is -2.82. The zero-order valence-corrected chi connectivity index (χ0v) is 16.6. The predicted octanol–water partition coefficient (Wildman–Crippen LogP) is 4.44. The molecule has 0 spiro atoms. The van der Waals surface area contributed by atoms with E-state index >= 15 is 0 Å². The Morgan fingerprint density at radius 3 is 2.22 bits per heavy atom. The van der Waals surface area contributed by atoms with Crippen molar-refractivity contribution in [1.29, 1.82) is 0 Å². The van der Waals surface area contributed by atoms with Crippen molar-refractivity contribution >= 4 is 17.6 Å². The van der Waals surface area contributed by atoms with E-state index in [0.717, 1.165) is 22.4 Å². The van der Waals surface area contributed by atoms with Crippen LogP contribution < -0.4 is 10.1 Å². The van der Waals surface area contributed by atoms with Gasteiger partial charge in [-0.2, -0.15) is 0 Å². The smallest absolute Gasteiger partial charge is 0.338 e. The molecule has 1 N–H and O–H groups in total. The number of hydrogen-bond acceptors (Lipinski definition) is 4. The first-order valence-corrected chi connectivity index (χ1v) is 9.04. The molecule has 5 heteroatoms. The molecule has 2 aromatic carbocycles. The quantitative estimate of drug-likeness (QED) is 0.733. The number of ether oxygens (including phenoxy) is 2. The summed E-state index contributed by atoms with van der Waals surface area (Å²) in [4.78, 5) is 24.1. The fourth-order valence-corrected chi connectivity index (χ4v) is 2.50. The molecule has 0 radical (unpaired) electrons. The molecule has 5 nitrogen and oxygen atoms in total. The van der Waals surface area contributed by atoms with Gasteiger partial charge in [0, 0.05) is 5.69 Å². The molecule has 0 bridgehead atoms. The molecule has 0 saturated carbocycles. The van der Waals surface area contributed by atoms with Crippen molar-refractivity contribution in [1.82, 2.24) is 0 Å². The third-order valence-corrected chi connectivity index (χ3v) is 4.17. The van der Waals surface area contributed by atoms with E-state index in [2.05, 4.69) is 5.32 Å². The number of benzene rings is 2. The van der Waals surface area contributed by atoms with Gasteiger partial charge in [-0.25, -0.2) is 4.79 Å². The lowest BCUT2D eigenvalue weighted by Gasteiger charge is -2.14. The van der Waals surface area contributed by atoms with Crippen LogP contribution in [0.1, 0.15) is 40.9 Å². The van der Waals surface area contributed by atoms with Crippen LogP contribution >= 0.6 is 0 Å². The first-order valence-electron chi connectivity index (χ1n) is 9.04. The molecule has 0 aliphatic rings. The van der Waals surface area contributed by atoms with Crippen molar-refractivity contribution in [3.63, 3.8) is 0 Å². The normalized spacial score (nSPS) is 10.6. The SMILES string of the molecule is Cc1ccc(C)c(OCC(=O)Nc2ccc(C(=O)OCC(C)C)cc2)c1C. The number of anilines is 1. The highest BCUT2D eigenvalue weighted by Crippen LogP contribution is 2.25. The van der Waals surface area contributed by atoms with Gasteiger partial charge in [0.1, 0.15) is 5.75 Å². The topological polar surface area (TPSA) is 64.6 Å². The number of aryl methyl sites for hydroxylation is 2. The van der Waals surface area contributed by atoms with E-state index in [1.165, 1.54) is 0 Å². The number of rotatable bonds is 7. The third kappa shape index (κ3) is 5.84. The summed E-state index contributed by atoms with van der Waals surface area (Å²) in [5, 5.41) is 2.77. The summed E-state index contributed by atoms with van der Waals surface area (Å²) in [6.45, 7) is 10.2. The molecule has 0 saturated heterocycles.